The SMILES string of the molecule is CCCCCCCC/C=C/CCCCCCCC(=O)N1CCOC1=O. The van der Waals surface area contributed by atoms with Crippen LogP contribution in [0.1, 0.15) is 96.8 Å². The smallest absolute Gasteiger partial charge is 0.416 e. The zero-order valence-corrected chi connectivity index (χ0v) is 16.1. The van der Waals surface area contributed by atoms with E-state index >= 15 is 0 Å². The monoisotopic (exact) mass is 351 g/mol. The molecule has 0 unspecified atom stereocenters. The Hall–Kier alpha value is -1.32. The summed E-state index contributed by atoms with van der Waals surface area (Å²) < 4.78 is 4.77. The molecule has 1 rings (SSSR count). The van der Waals surface area contributed by atoms with Gasteiger partial charge in [-0.3, -0.25) is 4.79 Å². The quantitative estimate of drug-likeness (QED) is 0.268. The van der Waals surface area contributed by atoms with Crippen LogP contribution in [-0.4, -0.2) is 30.1 Å². The molecule has 0 aliphatic carbocycles. The van der Waals surface area contributed by atoms with Crippen molar-refractivity contribution >= 4 is 12.0 Å². The van der Waals surface area contributed by atoms with Crippen molar-refractivity contribution < 1.29 is 14.3 Å². The minimum atomic E-state index is -0.474. The van der Waals surface area contributed by atoms with E-state index in [1.54, 1.807) is 0 Å². The van der Waals surface area contributed by atoms with Crippen LogP contribution in [0.15, 0.2) is 12.2 Å². The number of amides is 2. The first kappa shape index (κ1) is 21.7. The molecule has 1 aliphatic rings. The Morgan fingerprint density at radius 3 is 2.04 bits per heavy atom. The first-order chi connectivity index (χ1) is 12.3. The molecule has 2 amide bonds. The molecule has 0 atom stereocenters. The number of imide groups is 1. The van der Waals surface area contributed by atoms with Gasteiger partial charge in [-0.2, -0.15) is 0 Å². The molecule has 1 fully saturated rings. The van der Waals surface area contributed by atoms with Crippen LogP contribution in [0, 0.1) is 0 Å². The lowest BCUT2D eigenvalue weighted by Gasteiger charge is -2.09. The van der Waals surface area contributed by atoms with Gasteiger partial charge in [-0.1, -0.05) is 70.4 Å². The largest absolute Gasteiger partial charge is 0.447 e. The fraction of sp³-hybridized carbons (Fsp3) is 0.810. The third kappa shape index (κ3) is 11.0. The van der Waals surface area contributed by atoms with Gasteiger partial charge in [0.1, 0.15) is 6.61 Å². The van der Waals surface area contributed by atoms with Crippen molar-refractivity contribution in [3.8, 4) is 0 Å². The number of nitrogens with zero attached hydrogens (tertiary/aromatic N) is 1. The number of allylic oxidation sites excluding steroid dienone is 2. The summed E-state index contributed by atoms with van der Waals surface area (Å²) in [5.41, 5.74) is 0. The van der Waals surface area contributed by atoms with Crippen molar-refractivity contribution in [2.24, 2.45) is 0 Å². The van der Waals surface area contributed by atoms with E-state index in [0.29, 0.717) is 19.6 Å². The molecule has 0 aromatic heterocycles. The fourth-order valence-electron chi connectivity index (χ4n) is 3.10. The van der Waals surface area contributed by atoms with Crippen molar-refractivity contribution in [2.75, 3.05) is 13.2 Å². The Labute approximate surface area is 154 Å². The van der Waals surface area contributed by atoms with Gasteiger partial charge in [0.05, 0.1) is 6.54 Å². The molecule has 0 spiro atoms. The van der Waals surface area contributed by atoms with Crippen molar-refractivity contribution in [3.05, 3.63) is 12.2 Å². The summed E-state index contributed by atoms with van der Waals surface area (Å²) in [5.74, 6) is -0.0832. The van der Waals surface area contributed by atoms with Crippen LogP contribution in [0.5, 0.6) is 0 Å². The predicted octanol–water partition coefficient (Wildman–Crippen LogP) is 6.00. The predicted molar refractivity (Wildman–Crippen MR) is 103 cm³/mol. The second kappa shape index (κ2) is 15.0. The molecule has 4 nitrogen and oxygen atoms in total. The van der Waals surface area contributed by atoms with E-state index in [1.165, 1.54) is 75.5 Å². The van der Waals surface area contributed by atoms with E-state index in [0.717, 1.165) is 12.8 Å². The number of rotatable bonds is 15. The normalized spacial score (nSPS) is 14.4. The highest BCUT2D eigenvalue weighted by Crippen LogP contribution is 2.12. The molecule has 4 heteroatoms. The summed E-state index contributed by atoms with van der Waals surface area (Å²) in [5, 5.41) is 0. The Morgan fingerprint density at radius 2 is 1.48 bits per heavy atom. The molecule has 0 aromatic carbocycles. The zero-order chi connectivity index (χ0) is 18.2. The second-order valence-corrected chi connectivity index (χ2v) is 6.99. The van der Waals surface area contributed by atoms with Gasteiger partial charge in [-0.25, -0.2) is 9.69 Å². The Balaban J connectivity index is 1.82. The van der Waals surface area contributed by atoms with Gasteiger partial charge in [-0.05, 0) is 32.1 Å². The first-order valence-corrected chi connectivity index (χ1v) is 10.4. The summed E-state index contributed by atoms with van der Waals surface area (Å²) >= 11 is 0. The highest BCUT2D eigenvalue weighted by atomic mass is 16.6. The van der Waals surface area contributed by atoms with Gasteiger partial charge in [0, 0.05) is 6.42 Å². The highest BCUT2D eigenvalue weighted by molar-refractivity contribution is 5.92. The lowest BCUT2D eigenvalue weighted by molar-refractivity contribution is -0.127. The van der Waals surface area contributed by atoms with Crippen molar-refractivity contribution in [1.82, 2.24) is 4.90 Å². The van der Waals surface area contributed by atoms with E-state index in [4.69, 9.17) is 4.74 Å². The number of ether oxygens (including phenoxy) is 1. The van der Waals surface area contributed by atoms with E-state index in [1.807, 2.05) is 0 Å². The van der Waals surface area contributed by atoms with Crippen molar-refractivity contribution in [2.45, 2.75) is 96.8 Å². The molecule has 1 aliphatic heterocycles. The summed E-state index contributed by atoms with van der Waals surface area (Å²) in [6.07, 6.45) is 20.8. The van der Waals surface area contributed by atoms with Crippen LogP contribution in [0.4, 0.5) is 4.79 Å². The van der Waals surface area contributed by atoms with Crippen LogP contribution < -0.4 is 0 Å². The molecular weight excluding hydrogens is 314 g/mol. The third-order valence-electron chi connectivity index (χ3n) is 4.71. The lowest BCUT2D eigenvalue weighted by Crippen LogP contribution is -2.31. The van der Waals surface area contributed by atoms with Crippen LogP contribution in [0.3, 0.4) is 0 Å². The molecule has 1 heterocycles. The van der Waals surface area contributed by atoms with Gasteiger partial charge in [0.25, 0.3) is 0 Å². The van der Waals surface area contributed by atoms with Crippen LogP contribution in [0.25, 0.3) is 0 Å². The van der Waals surface area contributed by atoms with E-state index in [2.05, 4.69) is 19.1 Å². The number of hydrogen-bond donors (Lipinski definition) is 0. The maximum Gasteiger partial charge on any atom is 0.416 e. The van der Waals surface area contributed by atoms with E-state index in [-0.39, 0.29) is 5.91 Å². The Bertz CT molecular complexity index is 393. The topological polar surface area (TPSA) is 46.6 Å². The summed E-state index contributed by atoms with van der Waals surface area (Å²) in [6, 6.07) is 0. The van der Waals surface area contributed by atoms with Crippen molar-refractivity contribution in [1.29, 1.82) is 0 Å². The van der Waals surface area contributed by atoms with Crippen LogP contribution >= 0.6 is 0 Å². The number of hydrogen-bond acceptors (Lipinski definition) is 3. The molecule has 0 N–H and O–H groups in total. The molecule has 1 saturated heterocycles. The highest BCUT2D eigenvalue weighted by Gasteiger charge is 2.27. The summed E-state index contributed by atoms with van der Waals surface area (Å²) in [6.45, 7) is 3.02. The van der Waals surface area contributed by atoms with Gasteiger partial charge in [0.2, 0.25) is 5.91 Å². The molecule has 0 bridgehead atoms. The molecule has 0 aromatic rings. The minimum Gasteiger partial charge on any atom is -0.447 e. The fourth-order valence-corrected chi connectivity index (χ4v) is 3.10. The van der Waals surface area contributed by atoms with Gasteiger partial charge < -0.3 is 4.74 Å². The van der Waals surface area contributed by atoms with Crippen molar-refractivity contribution in [3.63, 3.8) is 0 Å². The van der Waals surface area contributed by atoms with Gasteiger partial charge in [-0.15, -0.1) is 0 Å². The number of unbranched alkanes of at least 4 members (excludes halogenated alkanes) is 11. The maximum atomic E-state index is 11.8. The minimum absolute atomic E-state index is 0.0832. The van der Waals surface area contributed by atoms with Crippen LogP contribution in [0.2, 0.25) is 0 Å². The summed E-state index contributed by atoms with van der Waals surface area (Å²) in [7, 11) is 0. The Morgan fingerprint density at radius 1 is 0.920 bits per heavy atom. The molecular formula is C21H37NO3. The maximum absolute atomic E-state index is 11.8. The lowest BCUT2D eigenvalue weighted by atomic mass is 10.1. The van der Waals surface area contributed by atoms with E-state index in [9.17, 15) is 9.59 Å². The van der Waals surface area contributed by atoms with Gasteiger partial charge in [0.15, 0.2) is 0 Å². The molecule has 25 heavy (non-hydrogen) atoms. The Kier molecular flexibility index (Phi) is 13.0. The number of cyclic esters (lactones) is 1. The average Bonchev–Trinajstić information content (AvgIpc) is 3.04. The first-order valence-electron chi connectivity index (χ1n) is 10.4. The standard InChI is InChI=1S/C21H37NO3/c1-2-3-4-5-6-7-8-9-10-11-12-13-14-15-16-17-20(23)22-18-19-25-21(22)24/h9-10H,2-8,11-19H2,1H3/b10-9+. The molecule has 0 saturated carbocycles. The zero-order valence-electron chi connectivity index (χ0n) is 16.1. The van der Waals surface area contributed by atoms with E-state index < -0.39 is 6.09 Å². The molecule has 144 valence electrons. The number of carbonyl (C=O) groups is 2. The third-order valence-corrected chi connectivity index (χ3v) is 4.71. The summed E-state index contributed by atoms with van der Waals surface area (Å²) in [4.78, 5) is 24.3. The van der Waals surface area contributed by atoms with Gasteiger partial charge >= 0.3 is 6.09 Å². The second-order valence-electron chi connectivity index (χ2n) is 6.99. The number of carbonyl (C=O) groups excluding carboxylic acids is 2. The molecule has 0 radical (unpaired) electrons. The average molecular weight is 352 g/mol. The van der Waals surface area contributed by atoms with Crippen LogP contribution in [-0.2, 0) is 9.53 Å².